The standard InChI is InChI=1S/C18H18N2O5/c1-18(17(21)24-2)12-16(13-7-6-10-15(11-13)20(22)23)19(25-18)14-8-4-3-5-9-14/h3-11,16H,12H2,1-2H3/t16-,18-/m1/s1. The Balaban J connectivity index is 2.03. The van der Waals surface area contributed by atoms with Crippen LogP contribution in [0.4, 0.5) is 11.4 Å². The zero-order chi connectivity index (χ0) is 18.0. The average Bonchev–Trinajstić information content (AvgIpc) is 3.01. The van der Waals surface area contributed by atoms with Crippen molar-refractivity contribution in [1.82, 2.24) is 0 Å². The fourth-order valence-electron chi connectivity index (χ4n) is 3.01. The molecule has 3 rings (SSSR count). The monoisotopic (exact) mass is 342 g/mol. The summed E-state index contributed by atoms with van der Waals surface area (Å²) >= 11 is 0. The van der Waals surface area contributed by atoms with E-state index >= 15 is 0 Å². The van der Waals surface area contributed by atoms with Gasteiger partial charge in [-0.3, -0.25) is 15.0 Å². The number of non-ortho nitro benzene ring substituents is 1. The molecule has 2 aromatic carbocycles. The van der Waals surface area contributed by atoms with Crippen LogP contribution in [0.5, 0.6) is 0 Å². The van der Waals surface area contributed by atoms with E-state index in [1.165, 1.54) is 19.2 Å². The highest BCUT2D eigenvalue weighted by Gasteiger charge is 2.49. The van der Waals surface area contributed by atoms with Crippen LogP contribution in [0.2, 0.25) is 0 Å². The summed E-state index contributed by atoms with van der Waals surface area (Å²) in [5, 5.41) is 12.7. The molecule has 1 heterocycles. The number of hydroxylamine groups is 1. The fourth-order valence-corrected chi connectivity index (χ4v) is 3.01. The van der Waals surface area contributed by atoms with E-state index < -0.39 is 16.5 Å². The van der Waals surface area contributed by atoms with E-state index in [1.807, 2.05) is 30.3 Å². The van der Waals surface area contributed by atoms with E-state index in [1.54, 1.807) is 24.1 Å². The molecular weight excluding hydrogens is 324 g/mol. The van der Waals surface area contributed by atoms with Crippen LogP contribution in [-0.2, 0) is 14.4 Å². The first-order valence-electron chi connectivity index (χ1n) is 7.81. The lowest BCUT2D eigenvalue weighted by Gasteiger charge is -2.26. The molecule has 7 heteroatoms. The molecule has 0 saturated carbocycles. The van der Waals surface area contributed by atoms with Crippen molar-refractivity contribution in [1.29, 1.82) is 0 Å². The molecule has 25 heavy (non-hydrogen) atoms. The van der Waals surface area contributed by atoms with Crippen molar-refractivity contribution in [2.24, 2.45) is 0 Å². The third kappa shape index (κ3) is 3.18. The number of hydrogen-bond acceptors (Lipinski definition) is 6. The summed E-state index contributed by atoms with van der Waals surface area (Å²) < 4.78 is 4.87. The second-order valence-corrected chi connectivity index (χ2v) is 6.05. The summed E-state index contributed by atoms with van der Waals surface area (Å²) in [6.45, 7) is 1.66. The van der Waals surface area contributed by atoms with Crippen LogP contribution >= 0.6 is 0 Å². The van der Waals surface area contributed by atoms with Crippen molar-refractivity contribution < 1.29 is 19.3 Å². The lowest BCUT2D eigenvalue weighted by molar-refractivity contribution is -0.384. The number of nitrogens with zero attached hydrogens (tertiary/aromatic N) is 2. The Morgan fingerprint density at radius 2 is 2.00 bits per heavy atom. The summed E-state index contributed by atoms with van der Waals surface area (Å²) in [5.74, 6) is -0.485. The molecule has 2 atom stereocenters. The molecule has 0 unspecified atom stereocenters. The number of esters is 1. The van der Waals surface area contributed by atoms with E-state index in [-0.39, 0.29) is 11.7 Å². The minimum absolute atomic E-state index is 0.00261. The van der Waals surface area contributed by atoms with Gasteiger partial charge in [0, 0.05) is 18.6 Å². The van der Waals surface area contributed by atoms with Gasteiger partial charge < -0.3 is 4.74 Å². The Hall–Kier alpha value is -2.93. The van der Waals surface area contributed by atoms with Gasteiger partial charge in [0.2, 0.25) is 0 Å². The molecule has 1 aliphatic heterocycles. The number of para-hydroxylation sites is 1. The number of nitro benzene ring substituents is 1. The van der Waals surface area contributed by atoms with Gasteiger partial charge in [0.15, 0.2) is 5.60 Å². The van der Waals surface area contributed by atoms with Crippen molar-refractivity contribution in [3.05, 3.63) is 70.3 Å². The number of ether oxygens (including phenoxy) is 1. The predicted molar refractivity (Wildman–Crippen MR) is 90.9 cm³/mol. The second-order valence-electron chi connectivity index (χ2n) is 6.05. The predicted octanol–water partition coefficient (Wildman–Crippen LogP) is 3.41. The molecule has 0 amide bonds. The number of rotatable bonds is 4. The second kappa shape index (κ2) is 6.52. The Kier molecular flexibility index (Phi) is 4.41. The fraction of sp³-hybridized carbons (Fsp3) is 0.278. The molecule has 0 bridgehead atoms. The zero-order valence-corrected chi connectivity index (χ0v) is 13.9. The van der Waals surface area contributed by atoms with Crippen molar-refractivity contribution in [2.45, 2.75) is 25.0 Å². The maximum Gasteiger partial charge on any atom is 0.340 e. The summed E-state index contributed by atoms with van der Waals surface area (Å²) in [4.78, 5) is 28.8. The van der Waals surface area contributed by atoms with Crippen molar-refractivity contribution in [2.75, 3.05) is 12.2 Å². The maximum atomic E-state index is 12.2. The largest absolute Gasteiger partial charge is 0.467 e. The lowest BCUT2D eigenvalue weighted by Crippen LogP contribution is -2.37. The van der Waals surface area contributed by atoms with Crippen LogP contribution in [0.15, 0.2) is 54.6 Å². The van der Waals surface area contributed by atoms with Gasteiger partial charge in [-0.2, -0.15) is 0 Å². The Labute approximate surface area is 144 Å². The van der Waals surface area contributed by atoms with Crippen molar-refractivity contribution >= 4 is 17.3 Å². The number of anilines is 1. The minimum Gasteiger partial charge on any atom is -0.467 e. The quantitative estimate of drug-likeness (QED) is 0.481. The van der Waals surface area contributed by atoms with Gasteiger partial charge in [-0.1, -0.05) is 30.3 Å². The first-order chi connectivity index (χ1) is 11.9. The summed E-state index contributed by atoms with van der Waals surface area (Å²) in [6.07, 6.45) is 0.315. The Morgan fingerprint density at radius 3 is 2.64 bits per heavy atom. The van der Waals surface area contributed by atoms with E-state index in [0.717, 1.165) is 5.69 Å². The number of methoxy groups -OCH3 is 1. The summed E-state index contributed by atoms with van der Waals surface area (Å²) in [7, 11) is 1.31. The van der Waals surface area contributed by atoms with Crippen molar-refractivity contribution in [3.8, 4) is 0 Å². The van der Waals surface area contributed by atoms with Crippen LogP contribution in [0, 0.1) is 10.1 Å². The average molecular weight is 342 g/mol. The Bertz CT molecular complexity index is 795. The van der Waals surface area contributed by atoms with E-state index in [9.17, 15) is 14.9 Å². The molecular formula is C18H18N2O5. The third-order valence-electron chi connectivity index (χ3n) is 4.26. The highest BCUT2D eigenvalue weighted by atomic mass is 16.7. The van der Waals surface area contributed by atoms with E-state index in [4.69, 9.17) is 9.57 Å². The number of benzene rings is 2. The number of hydrogen-bond donors (Lipinski definition) is 0. The minimum atomic E-state index is -1.17. The van der Waals surface area contributed by atoms with Gasteiger partial charge >= 0.3 is 5.97 Å². The molecule has 1 aliphatic rings. The van der Waals surface area contributed by atoms with Gasteiger partial charge in [0.1, 0.15) is 0 Å². The highest BCUT2D eigenvalue weighted by molar-refractivity contribution is 5.80. The summed E-state index contributed by atoms with van der Waals surface area (Å²) in [5.41, 5.74) is 0.286. The first-order valence-corrected chi connectivity index (χ1v) is 7.81. The molecule has 0 spiro atoms. The molecule has 130 valence electrons. The molecule has 1 saturated heterocycles. The number of carbonyl (C=O) groups is 1. The van der Waals surface area contributed by atoms with Gasteiger partial charge in [-0.05, 0) is 24.6 Å². The van der Waals surface area contributed by atoms with Gasteiger partial charge in [0.05, 0.1) is 23.8 Å². The molecule has 7 nitrogen and oxygen atoms in total. The van der Waals surface area contributed by atoms with Gasteiger partial charge in [-0.25, -0.2) is 9.86 Å². The third-order valence-corrected chi connectivity index (χ3v) is 4.26. The number of nitro groups is 1. The Morgan fingerprint density at radius 1 is 1.28 bits per heavy atom. The van der Waals surface area contributed by atoms with Crippen molar-refractivity contribution in [3.63, 3.8) is 0 Å². The SMILES string of the molecule is COC(=O)[C@@]1(C)C[C@H](c2cccc([N+](=O)[O-])c2)N(c2ccccc2)O1. The summed E-state index contributed by atoms with van der Waals surface area (Å²) in [6, 6.07) is 15.3. The normalized spacial score (nSPS) is 22.6. The molecule has 0 radical (unpaired) electrons. The molecule has 2 aromatic rings. The van der Waals surface area contributed by atoms with Gasteiger partial charge in [0.25, 0.3) is 5.69 Å². The van der Waals surface area contributed by atoms with Crippen LogP contribution in [0.1, 0.15) is 24.9 Å². The lowest BCUT2D eigenvalue weighted by atomic mass is 9.93. The van der Waals surface area contributed by atoms with E-state index in [0.29, 0.717) is 12.0 Å². The van der Waals surface area contributed by atoms with Gasteiger partial charge in [-0.15, -0.1) is 0 Å². The number of carbonyl (C=O) groups excluding carboxylic acids is 1. The van der Waals surface area contributed by atoms with Crippen LogP contribution < -0.4 is 5.06 Å². The first kappa shape index (κ1) is 16.9. The molecule has 0 aliphatic carbocycles. The topological polar surface area (TPSA) is 81.9 Å². The highest BCUT2D eigenvalue weighted by Crippen LogP contribution is 2.44. The zero-order valence-electron chi connectivity index (χ0n) is 13.9. The van der Waals surface area contributed by atoms with E-state index in [2.05, 4.69) is 0 Å². The molecule has 1 fully saturated rings. The van der Waals surface area contributed by atoms with Crippen LogP contribution in [0.3, 0.4) is 0 Å². The van der Waals surface area contributed by atoms with Crippen LogP contribution in [-0.4, -0.2) is 23.6 Å². The molecule has 0 N–H and O–H groups in total. The van der Waals surface area contributed by atoms with Crippen LogP contribution in [0.25, 0.3) is 0 Å². The molecule has 0 aromatic heterocycles. The maximum absolute atomic E-state index is 12.2. The smallest absolute Gasteiger partial charge is 0.340 e.